The van der Waals surface area contributed by atoms with Crippen LogP contribution in [0.4, 0.5) is 0 Å². The van der Waals surface area contributed by atoms with Crippen LogP contribution in [0.3, 0.4) is 0 Å². The van der Waals surface area contributed by atoms with Crippen LogP contribution < -0.4 is 0 Å². The highest BCUT2D eigenvalue weighted by atomic mass is 16.5. The van der Waals surface area contributed by atoms with Gasteiger partial charge in [-0.3, -0.25) is 4.79 Å². The Hall–Kier alpha value is -1.08. The Balaban J connectivity index is 4.39. The number of rotatable bonds is 4. The standard InChI is InChI=1S/C9H15NO3/c1-7(11)13-8(5-10)9(2,3)6-12-4/h8H,6H2,1-4H3. The number of nitrogens with zero attached hydrogens (tertiary/aromatic N) is 1. The van der Waals surface area contributed by atoms with E-state index in [1.54, 1.807) is 7.11 Å². The molecular formula is C9H15NO3. The number of esters is 1. The van der Waals surface area contributed by atoms with E-state index in [-0.39, 0.29) is 0 Å². The van der Waals surface area contributed by atoms with Gasteiger partial charge in [0, 0.05) is 19.4 Å². The molecule has 0 bridgehead atoms. The first kappa shape index (κ1) is 11.9. The van der Waals surface area contributed by atoms with E-state index in [0.717, 1.165) is 0 Å². The molecule has 0 spiro atoms. The van der Waals surface area contributed by atoms with Gasteiger partial charge in [-0.1, -0.05) is 13.8 Å². The summed E-state index contributed by atoms with van der Waals surface area (Å²) in [5.41, 5.74) is -0.477. The highest BCUT2D eigenvalue weighted by Crippen LogP contribution is 2.23. The van der Waals surface area contributed by atoms with Gasteiger partial charge in [-0.15, -0.1) is 0 Å². The Bertz CT molecular complexity index is 217. The van der Waals surface area contributed by atoms with Crippen LogP contribution in [0, 0.1) is 16.7 Å². The summed E-state index contributed by atoms with van der Waals surface area (Å²) in [6.45, 7) is 5.28. The second-order valence-electron chi connectivity index (χ2n) is 3.54. The average molecular weight is 185 g/mol. The van der Waals surface area contributed by atoms with Crippen LogP contribution in [0.25, 0.3) is 0 Å². The predicted octanol–water partition coefficient (Wildman–Crippen LogP) is 1.11. The SMILES string of the molecule is COCC(C)(C)C(C#N)OC(C)=O. The van der Waals surface area contributed by atoms with Gasteiger partial charge in [0.2, 0.25) is 0 Å². The molecule has 13 heavy (non-hydrogen) atoms. The Morgan fingerprint density at radius 2 is 2.15 bits per heavy atom. The van der Waals surface area contributed by atoms with Gasteiger partial charge in [-0.05, 0) is 0 Å². The number of methoxy groups -OCH3 is 1. The van der Waals surface area contributed by atoms with Crippen LogP contribution in [-0.2, 0) is 14.3 Å². The molecule has 0 aliphatic rings. The number of carbonyl (C=O) groups is 1. The quantitative estimate of drug-likeness (QED) is 0.616. The number of hydrogen-bond acceptors (Lipinski definition) is 4. The maximum atomic E-state index is 10.6. The summed E-state index contributed by atoms with van der Waals surface area (Å²) >= 11 is 0. The van der Waals surface area contributed by atoms with Gasteiger partial charge in [0.15, 0.2) is 6.10 Å². The molecule has 0 saturated carbocycles. The fraction of sp³-hybridized carbons (Fsp3) is 0.778. The molecule has 0 aliphatic heterocycles. The molecule has 74 valence electrons. The molecule has 0 aromatic heterocycles. The topological polar surface area (TPSA) is 59.3 Å². The Kier molecular flexibility index (Phi) is 4.43. The van der Waals surface area contributed by atoms with Crippen LogP contribution in [0.15, 0.2) is 0 Å². The minimum Gasteiger partial charge on any atom is -0.446 e. The summed E-state index contributed by atoms with van der Waals surface area (Å²) in [7, 11) is 1.55. The van der Waals surface area contributed by atoms with Crippen LogP contribution in [0.2, 0.25) is 0 Å². The van der Waals surface area contributed by atoms with Crippen molar-refractivity contribution in [1.29, 1.82) is 5.26 Å². The Labute approximate surface area is 78.4 Å². The molecular weight excluding hydrogens is 170 g/mol. The smallest absolute Gasteiger partial charge is 0.303 e. The molecule has 4 heteroatoms. The third-order valence-electron chi connectivity index (χ3n) is 1.63. The summed E-state index contributed by atoms with van der Waals surface area (Å²) < 4.78 is 9.77. The van der Waals surface area contributed by atoms with Gasteiger partial charge in [0.25, 0.3) is 0 Å². The maximum absolute atomic E-state index is 10.6. The molecule has 1 unspecified atom stereocenters. The maximum Gasteiger partial charge on any atom is 0.303 e. The van der Waals surface area contributed by atoms with Gasteiger partial charge < -0.3 is 9.47 Å². The molecule has 0 rings (SSSR count). The van der Waals surface area contributed by atoms with Crippen molar-refractivity contribution in [2.24, 2.45) is 5.41 Å². The van der Waals surface area contributed by atoms with Crippen molar-refractivity contribution in [3.63, 3.8) is 0 Å². The van der Waals surface area contributed by atoms with Gasteiger partial charge in [-0.25, -0.2) is 0 Å². The molecule has 0 amide bonds. The fourth-order valence-electron chi connectivity index (χ4n) is 0.974. The lowest BCUT2D eigenvalue weighted by Crippen LogP contribution is -2.35. The minimum atomic E-state index is -0.759. The van der Waals surface area contributed by atoms with Crippen molar-refractivity contribution in [3.8, 4) is 6.07 Å². The van der Waals surface area contributed by atoms with E-state index in [1.165, 1.54) is 6.92 Å². The van der Waals surface area contributed by atoms with Gasteiger partial charge in [0.05, 0.1) is 6.61 Å². The normalized spacial score (nSPS) is 13.2. The first-order valence-corrected chi connectivity index (χ1v) is 4.00. The molecule has 0 saturated heterocycles. The molecule has 0 radical (unpaired) electrons. The summed E-state index contributed by atoms with van der Waals surface area (Å²) in [6, 6.07) is 1.94. The lowest BCUT2D eigenvalue weighted by atomic mass is 9.88. The molecule has 4 nitrogen and oxygen atoms in total. The molecule has 0 aromatic carbocycles. The Morgan fingerprint density at radius 1 is 1.62 bits per heavy atom. The minimum absolute atomic E-state index is 0.374. The molecule has 0 aliphatic carbocycles. The second kappa shape index (κ2) is 4.83. The molecule has 1 atom stereocenters. The van der Waals surface area contributed by atoms with Crippen molar-refractivity contribution in [2.75, 3.05) is 13.7 Å². The molecule has 0 heterocycles. The van der Waals surface area contributed by atoms with E-state index >= 15 is 0 Å². The predicted molar refractivity (Wildman–Crippen MR) is 46.8 cm³/mol. The van der Waals surface area contributed by atoms with Crippen LogP contribution >= 0.6 is 0 Å². The monoisotopic (exact) mass is 185 g/mol. The van der Waals surface area contributed by atoms with E-state index in [4.69, 9.17) is 14.7 Å². The van der Waals surface area contributed by atoms with Gasteiger partial charge in [-0.2, -0.15) is 5.26 Å². The van der Waals surface area contributed by atoms with Crippen molar-refractivity contribution in [3.05, 3.63) is 0 Å². The van der Waals surface area contributed by atoms with E-state index in [9.17, 15) is 4.79 Å². The van der Waals surface area contributed by atoms with Crippen molar-refractivity contribution >= 4 is 5.97 Å². The number of carbonyl (C=O) groups excluding carboxylic acids is 1. The summed E-state index contributed by atoms with van der Waals surface area (Å²) in [4.78, 5) is 10.6. The Morgan fingerprint density at radius 3 is 2.46 bits per heavy atom. The highest BCUT2D eigenvalue weighted by Gasteiger charge is 2.32. The lowest BCUT2D eigenvalue weighted by Gasteiger charge is -2.27. The van der Waals surface area contributed by atoms with Crippen molar-refractivity contribution in [2.45, 2.75) is 26.9 Å². The number of hydrogen-bond donors (Lipinski definition) is 0. The first-order valence-electron chi connectivity index (χ1n) is 4.00. The summed E-state index contributed by atoms with van der Waals surface area (Å²) in [5.74, 6) is -0.448. The fourth-order valence-corrected chi connectivity index (χ4v) is 0.974. The lowest BCUT2D eigenvalue weighted by molar-refractivity contribution is -0.150. The van der Waals surface area contributed by atoms with Gasteiger partial charge in [0.1, 0.15) is 6.07 Å². The molecule has 0 aromatic rings. The largest absolute Gasteiger partial charge is 0.446 e. The van der Waals surface area contributed by atoms with E-state index in [1.807, 2.05) is 19.9 Å². The zero-order valence-electron chi connectivity index (χ0n) is 8.46. The van der Waals surface area contributed by atoms with E-state index in [0.29, 0.717) is 6.61 Å². The van der Waals surface area contributed by atoms with E-state index < -0.39 is 17.5 Å². The van der Waals surface area contributed by atoms with Crippen LogP contribution in [0.5, 0.6) is 0 Å². The second-order valence-corrected chi connectivity index (χ2v) is 3.54. The third-order valence-corrected chi connectivity index (χ3v) is 1.63. The van der Waals surface area contributed by atoms with Crippen molar-refractivity contribution < 1.29 is 14.3 Å². The van der Waals surface area contributed by atoms with E-state index in [2.05, 4.69) is 0 Å². The van der Waals surface area contributed by atoms with Crippen molar-refractivity contribution in [1.82, 2.24) is 0 Å². The summed E-state index contributed by atoms with van der Waals surface area (Å²) in [5, 5.41) is 8.75. The third kappa shape index (κ3) is 3.90. The molecule has 0 N–H and O–H groups in total. The van der Waals surface area contributed by atoms with Gasteiger partial charge >= 0.3 is 5.97 Å². The van der Waals surface area contributed by atoms with Crippen LogP contribution in [-0.4, -0.2) is 25.8 Å². The zero-order chi connectivity index (χ0) is 10.5. The number of nitriles is 1. The average Bonchev–Trinajstić information content (AvgIpc) is 1.99. The first-order chi connectivity index (χ1) is 5.94. The highest BCUT2D eigenvalue weighted by molar-refractivity contribution is 5.66. The summed E-state index contributed by atoms with van der Waals surface area (Å²) in [6.07, 6.45) is -0.759. The molecule has 0 fully saturated rings. The van der Waals surface area contributed by atoms with Crippen LogP contribution in [0.1, 0.15) is 20.8 Å². The zero-order valence-corrected chi connectivity index (χ0v) is 8.46. The number of ether oxygens (including phenoxy) is 2.